The summed E-state index contributed by atoms with van der Waals surface area (Å²) in [6, 6.07) is 14.3. The number of rotatable bonds is 2. The molecular formula is C17H10Br2O3. The molecule has 5 heteroatoms. The van der Waals surface area contributed by atoms with E-state index in [0.29, 0.717) is 14.5 Å². The zero-order valence-corrected chi connectivity index (χ0v) is 14.3. The van der Waals surface area contributed by atoms with Crippen molar-refractivity contribution in [2.45, 2.75) is 0 Å². The fourth-order valence-corrected chi connectivity index (χ4v) is 3.73. The summed E-state index contributed by atoms with van der Waals surface area (Å²) in [6.45, 7) is 0. The van der Waals surface area contributed by atoms with E-state index in [-0.39, 0.29) is 11.3 Å². The fourth-order valence-electron chi connectivity index (χ4n) is 2.48. The fraction of sp³-hybridized carbons (Fsp3) is 0. The van der Waals surface area contributed by atoms with Gasteiger partial charge in [-0.15, -0.1) is 0 Å². The number of benzene rings is 3. The Bertz CT molecular complexity index is 904. The Morgan fingerprint density at radius 2 is 1.59 bits per heavy atom. The van der Waals surface area contributed by atoms with Gasteiger partial charge in [-0.2, -0.15) is 0 Å². The molecular weight excluding hydrogens is 412 g/mol. The van der Waals surface area contributed by atoms with Gasteiger partial charge in [-0.05, 0) is 60.5 Å². The Morgan fingerprint density at radius 3 is 2.32 bits per heavy atom. The van der Waals surface area contributed by atoms with E-state index in [1.165, 1.54) is 0 Å². The molecule has 0 aromatic heterocycles. The molecule has 0 spiro atoms. The second-order valence-electron chi connectivity index (χ2n) is 4.77. The van der Waals surface area contributed by atoms with E-state index in [0.717, 1.165) is 16.3 Å². The molecule has 0 aliphatic heterocycles. The van der Waals surface area contributed by atoms with Crippen LogP contribution in [0.4, 0.5) is 0 Å². The highest BCUT2D eigenvalue weighted by Crippen LogP contribution is 2.42. The monoisotopic (exact) mass is 420 g/mol. The molecule has 0 atom stereocenters. The molecule has 2 N–H and O–H groups in total. The Morgan fingerprint density at radius 1 is 0.909 bits per heavy atom. The van der Waals surface area contributed by atoms with Gasteiger partial charge in [0.15, 0.2) is 0 Å². The predicted molar refractivity (Wildman–Crippen MR) is 93.4 cm³/mol. The summed E-state index contributed by atoms with van der Waals surface area (Å²) < 4.78 is 1.12. The minimum absolute atomic E-state index is 0.121. The molecule has 0 fully saturated rings. The van der Waals surface area contributed by atoms with Gasteiger partial charge in [-0.1, -0.05) is 36.4 Å². The first-order valence-electron chi connectivity index (χ1n) is 6.43. The molecule has 0 heterocycles. The molecule has 0 aliphatic rings. The van der Waals surface area contributed by atoms with Gasteiger partial charge in [-0.3, -0.25) is 0 Å². The van der Waals surface area contributed by atoms with Crippen LogP contribution in [0.25, 0.3) is 21.9 Å². The van der Waals surface area contributed by atoms with Crippen molar-refractivity contribution in [3.8, 4) is 16.9 Å². The molecule has 3 aromatic rings. The lowest BCUT2D eigenvalue weighted by atomic mass is 9.94. The molecule has 0 unspecified atom stereocenters. The van der Waals surface area contributed by atoms with Gasteiger partial charge in [0.1, 0.15) is 5.75 Å². The van der Waals surface area contributed by atoms with Crippen LogP contribution in [0.2, 0.25) is 0 Å². The second-order valence-corrected chi connectivity index (χ2v) is 6.42. The second kappa shape index (κ2) is 5.74. The molecule has 110 valence electrons. The van der Waals surface area contributed by atoms with Crippen molar-refractivity contribution in [3.05, 3.63) is 63.0 Å². The van der Waals surface area contributed by atoms with E-state index in [9.17, 15) is 15.0 Å². The zero-order chi connectivity index (χ0) is 15.9. The molecule has 0 radical (unpaired) electrons. The summed E-state index contributed by atoms with van der Waals surface area (Å²) in [4.78, 5) is 11.5. The third-order valence-electron chi connectivity index (χ3n) is 3.50. The molecule has 3 rings (SSSR count). The van der Waals surface area contributed by atoms with E-state index in [4.69, 9.17) is 0 Å². The Labute approximate surface area is 143 Å². The van der Waals surface area contributed by atoms with E-state index in [1.807, 2.05) is 24.3 Å². The van der Waals surface area contributed by atoms with Crippen LogP contribution in [-0.2, 0) is 0 Å². The maximum atomic E-state index is 11.5. The number of carbonyl (C=O) groups is 1. The highest BCUT2D eigenvalue weighted by atomic mass is 79.9. The molecule has 0 saturated carbocycles. The van der Waals surface area contributed by atoms with Crippen LogP contribution >= 0.6 is 31.9 Å². The van der Waals surface area contributed by atoms with Crippen LogP contribution in [0.15, 0.2) is 57.5 Å². The van der Waals surface area contributed by atoms with Gasteiger partial charge in [0.25, 0.3) is 0 Å². The minimum atomic E-state index is -0.968. The summed E-state index contributed by atoms with van der Waals surface area (Å²) in [5, 5.41) is 21.1. The number of carboxylic acid groups (broad SMARTS) is 1. The van der Waals surface area contributed by atoms with E-state index in [1.54, 1.807) is 24.3 Å². The summed E-state index contributed by atoms with van der Waals surface area (Å²) in [5.41, 5.74) is 1.69. The number of carboxylic acids is 1. The van der Waals surface area contributed by atoms with Crippen LogP contribution in [0, 0.1) is 0 Å². The highest BCUT2D eigenvalue weighted by molar-refractivity contribution is 9.11. The van der Waals surface area contributed by atoms with Crippen LogP contribution in [0.1, 0.15) is 10.4 Å². The molecule has 3 aromatic carbocycles. The van der Waals surface area contributed by atoms with Crippen molar-refractivity contribution in [2.75, 3.05) is 0 Å². The zero-order valence-electron chi connectivity index (χ0n) is 11.2. The number of halogens is 2. The van der Waals surface area contributed by atoms with Crippen molar-refractivity contribution < 1.29 is 15.0 Å². The predicted octanol–water partition coefficient (Wildman–Crippen LogP) is 5.44. The first kappa shape index (κ1) is 15.1. The normalized spacial score (nSPS) is 10.8. The van der Waals surface area contributed by atoms with Crippen LogP contribution in [0.3, 0.4) is 0 Å². The maximum absolute atomic E-state index is 11.5. The first-order valence-corrected chi connectivity index (χ1v) is 8.01. The van der Waals surface area contributed by atoms with Gasteiger partial charge >= 0.3 is 5.97 Å². The van der Waals surface area contributed by atoms with Crippen molar-refractivity contribution in [2.24, 2.45) is 0 Å². The largest absolute Gasteiger partial charge is 0.506 e. The number of hydrogen-bond acceptors (Lipinski definition) is 2. The molecule has 0 bridgehead atoms. The topological polar surface area (TPSA) is 57.5 Å². The molecule has 0 saturated heterocycles. The SMILES string of the molecule is O=C(O)c1ccccc1-c1cccc2c(Br)c(O)c(Br)cc12. The Balaban J connectivity index is 2.41. The van der Waals surface area contributed by atoms with E-state index in [2.05, 4.69) is 31.9 Å². The van der Waals surface area contributed by atoms with Crippen molar-refractivity contribution >= 4 is 48.6 Å². The van der Waals surface area contributed by atoms with Crippen molar-refractivity contribution in [3.63, 3.8) is 0 Å². The number of hydrogen-bond donors (Lipinski definition) is 2. The maximum Gasteiger partial charge on any atom is 0.336 e. The molecule has 22 heavy (non-hydrogen) atoms. The number of aromatic carboxylic acids is 1. The van der Waals surface area contributed by atoms with Crippen molar-refractivity contribution in [1.82, 2.24) is 0 Å². The molecule has 0 amide bonds. The lowest BCUT2D eigenvalue weighted by Crippen LogP contribution is -1.99. The first-order chi connectivity index (χ1) is 10.5. The minimum Gasteiger partial charge on any atom is -0.506 e. The molecule has 3 nitrogen and oxygen atoms in total. The molecule has 0 aliphatic carbocycles. The Kier molecular flexibility index (Phi) is 3.93. The summed E-state index contributed by atoms with van der Waals surface area (Å²) in [7, 11) is 0. The average Bonchev–Trinajstić information content (AvgIpc) is 2.52. The van der Waals surface area contributed by atoms with Gasteiger partial charge in [0.2, 0.25) is 0 Å². The lowest BCUT2D eigenvalue weighted by molar-refractivity contribution is 0.0697. The van der Waals surface area contributed by atoms with Gasteiger partial charge in [-0.25, -0.2) is 4.79 Å². The lowest BCUT2D eigenvalue weighted by Gasteiger charge is -2.12. The number of phenolic OH excluding ortho intramolecular Hbond substituents is 1. The average molecular weight is 422 g/mol. The number of fused-ring (bicyclic) bond motifs is 1. The quantitative estimate of drug-likeness (QED) is 0.579. The summed E-state index contributed by atoms with van der Waals surface area (Å²) in [6.07, 6.45) is 0. The smallest absolute Gasteiger partial charge is 0.336 e. The van der Waals surface area contributed by atoms with E-state index >= 15 is 0 Å². The van der Waals surface area contributed by atoms with Crippen LogP contribution < -0.4 is 0 Å². The van der Waals surface area contributed by atoms with Gasteiger partial charge in [0.05, 0.1) is 14.5 Å². The highest BCUT2D eigenvalue weighted by Gasteiger charge is 2.16. The van der Waals surface area contributed by atoms with Crippen LogP contribution in [0.5, 0.6) is 5.75 Å². The van der Waals surface area contributed by atoms with Crippen LogP contribution in [-0.4, -0.2) is 16.2 Å². The number of phenols is 1. The summed E-state index contributed by atoms with van der Waals surface area (Å²) in [5.74, 6) is -0.847. The van der Waals surface area contributed by atoms with Gasteiger partial charge < -0.3 is 10.2 Å². The third kappa shape index (κ3) is 2.40. The standard InChI is InChI=1S/C17H10Br2O3/c18-14-8-13-10(6-3-7-11(13)15(19)16(14)20)9-4-1-2-5-12(9)17(21)22/h1-8,20H,(H,21,22). The number of aromatic hydroxyl groups is 1. The summed E-state index contributed by atoms with van der Waals surface area (Å²) >= 11 is 6.71. The Hall–Kier alpha value is -1.85. The van der Waals surface area contributed by atoms with Gasteiger partial charge in [0, 0.05) is 5.39 Å². The van der Waals surface area contributed by atoms with Crippen molar-refractivity contribution in [1.29, 1.82) is 0 Å². The third-order valence-corrected chi connectivity index (χ3v) is 4.90. The van der Waals surface area contributed by atoms with E-state index < -0.39 is 5.97 Å².